The van der Waals surface area contributed by atoms with Gasteiger partial charge >= 0.3 is 0 Å². The van der Waals surface area contributed by atoms with E-state index in [4.69, 9.17) is 9.47 Å². The summed E-state index contributed by atoms with van der Waals surface area (Å²) in [6.07, 6.45) is 5.77. The van der Waals surface area contributed by atoms with E-state index in [0.717, 1.165) is 45.6 Å². The van der Waals surface area contributed by atoms with Gasteiger partial charge in [-0.15, -0.1) is 0 Å². The SMILES string of the molecule is CC1(C)CN(C2(CNC(=O)C3CNCCO3)CCCCC2)CCO1. The lowest BCUT2D eigenvalue weighted by Crippen LogP contribution is -2.63. The molecule has 2 saturated heterocycles. The molecule has 1 unspecified atom stereocenters. The largest absolute Gasteiger partial charge is 0.373 e. The summed E-state index contributed by atoms with van der Waals surface area (Å²) in [6.45, 7) is 9.78. The summed E-state index contributed by atoms with van der Waals surface area (Å²) in [5.74, 6) is 0.0275. The molecule has 138 valence electrons. The van der Waals surface area contributed by atoms with Crippen LogP contribution in [0, 0.1) is 0 Å². The molecule has 2 N–H and O–H groups in total. The zero-order chi connectivity index (χ0) is 17.0. The van der Waals surface area contributed by atoms with E-state index in [1.807, 2.05) is 0 Å². The van der Waals surface area contributed by atoms with Gasteiger partial charge in [-0.1, -0.05) is 19.3 Å². The normalized spacial score (nSPS) is 30.7. The Hall–Kier alpha value is -0.690. The molecule has 0 radical (unpaired) electrons. The van der Waals surface area contributed by atoms with Crippen LogP contribution in [0.2, 0.25) is 0 Å². The van der Waals surface area contributed by atoms with Crippen molar-refractivity contribution in [1.82, 2.24) is 15.5 Å². The van der Waals surface area contributed by atoms with E-state index >= 15 is 0 Å². The molecule has 6 nitrogen and oxygen atoms in total. The Morgan fingerprint density at radius 2 is 2.04 bits per heavy atom. The fourth-order valence-corrected chi connectivity index (χ4v) is 4.34. The van der Waals surface area contributed by atoms with Crippen molar-refractivity contribution in [1.29, 1.82) is 0 Å². The average molecular weight is 339 g/mol. The molecular formula is C18H33N3O3. The predicted octanol–water partition coefficient (Wildman–Crippen LogP) is 0.905. The molecule has 0 spiro atoms. The number of amides is 1. The first-order valence-corrected chi connectivity index (χ1v) is 9.50. The Balaban J connectivity index is 1.63. The monoisotopic (exact) mass is 339 g/mol. The summed E-state index contributed by atoms with van der Waals surface area (Å²) in [5, 5.41) is 6.43. The van der Waals surface area contributed by atoms with Crippen molar-refractivity contribution >= 4 is 5.91 Å². The molecule has 1 amide bonds. The lowest BCUT2D eigenvalue weighted by molar-refractivity contribution is -0.138. The molecule has 1 atom stereocenters. The Morgan fingerprint density at radius 1 is 1.25 bits per heavy atom. The van der Waals surface area contributed by atoms with Crippen LogP contribution in [0.25, 0.3) is 0 Å². The van der Waals surface area contributed by atoms with Gasteiger partial charge in [-0.25, -0.2) is 0 Å². The van der Waals surface area contributed by atoms with Crippen LogP contribution in [-0.4, -0.2) is 74.0 Å². The molecule has 3 rings (SSSR count). The maximum absolute atomic E-state index is 12.5. The molecule has 0 aromatic heterocycles. The van der Waals surface area contributed by atoms with Gasteiger partial charge in [0.2, 0.25) is 0 Å². The van der Waals surface area contributed by atoms with Crippen molar-refractivity contribution in [3.05, 3.63) is 0 Å². The molecule has 24 heavy (non-hydrogen) atoms. The van der Waals surface area contributed by atoms with Crippen LogP contribution in [0.5, 0.6) is 0 Å². The van der Waals surface area contributed by atoms with Gasteiger partial charge in [-0.2, -0.15) is 0 Å². The van der Waals surface area contributed by atoms with Crippen molar-refractivity contribution in [2.75, 3.05) is 45.9 Å². The minimum atomic E-state index is -0.347. The first kappa shape index (κ1) is 18.1. The zero-order valence-corrected chi connectivity index (χ0v) is 15.2. The topological polar surface area (TPSA) is 62.8 Å². The molecule has 3 fully saturated rings. The highest BCUT2D eigenvalue weighted by Crippen LogP contribution is 2.36. The number of hydrogen-bond donors (Lipinski definition) is 2. The van der Waals surface area contributed by atoms with E-state index in [9.17, 15) is 4.79 Å². The third kappa shape index (κ3) is 4.28. The number of nitrogens with one attached hydrogen (secondary N) is 2. The van der Waals surface area contributed by atoms with Gasteiger partial charge in [0.25, 0.3) is 5.91 Å². The van der Waals surface area contributed by atoms with E-state index in [-0.39, 0.29) is 23.2 Å². The highest BCUT2D eigenvalue weighted by atomic mass is 16.5. The van der Waals surface area contributed by atoms with Crippen molar-refractivity contribution in [3.8, 4) is 0 Å². The van der Waals surface area contributed by atoms with Crippen molar-refractivity contribution < 1.29 is 14.3 Å². The minimum absolute atomic E-state index is 0.0275. The smallest absolute Gasteiger partial charge is 0.250 e. The van der Waals surface area contributed by atoms with E-state index in [1.54, 1.807) is 0 Å². The number of carbonyl (C=O) groups excluding carboxylic acids is 1. The number of morpholine rings is 2. The van der Waals surface area contributed by atoms with Crippen LogP contribution >= 0.6 is 0 Å². The van der Waals surface area contributed by atoms with Gasteiger partial charge in [0.1, 0.15) is 6.10 Å². The number of carbonyl (C=O) groups is 1. The van der Waals surface area contributed by atoms with E-state index in [1.165, 1.54) is 19.3 Å². The summed E-state index contributed by atoms with van der Waals surface area (Å²) in [6, 6.07) is 0. The Labute approximate surface area is 145 Å². The van der Waals surface area contributed by atoms with Crippen molar-refractivity contribution in [2.45, 2.75) is 63.2 Å². The summed E-state index contributed by atoms with van der Waals surface area (Å²) >= 11 is 0. The molecule has 6 heteroatoms. The Bertz CT molecular complexity index is 429. The molecule has 1 saturated carbocycles. The lowest BCUT2D eigenvalue weighted by Gasteiger charge is -2.51. The van der Waals surface area contributed by atoms with E-state index in [0.29, 0.717) is 13.2 Å². The predicted molar refractivity (Wildman–Crippen MR) is 93.0 cm³/mol. The quantitative estimate of drug-likeness (QED) is 0.797. The molecule has 2 aliphatic heterocycles. The van der Waals surface area contributed by atoms with Crippen LogP contribution in [0.15, 0.2) is 0 Å². The highest BCUT2D eigenvalue weighted by molar-refractivity contribution is 5.81. The van der Waals surface area contributed by atoms with E-state index in [2.05, 4.69) is 29.4 Å². The molecule has 3 aliphatic rings. The number of nitrogens with zero attached hydrogens (tertiary/aromatic N) is 1. The maximum Gasteiger partial charge on any atom is 0.250 e. The number of rotatable bonds is 4. The summed E-state index contributed by atoms with van der Waals surface area (Å²) < 4.78 is 11.5. The van der Waals surface area contributed by atoms with Gasteiger partial charge in [0, 0.05) is 38.3 Å². The van der Waals surface area contributed by atoms with Crippen LogP contribution in [0.1, 0.15) is 46.0 Å². The molecule has 2 heterocycles. The van der Waals surface area contributed by atoms with Crippen LogP contribution in [0.4, 0.5) is 0 Å². The molecule has 0 bridgehead atoms. The highest BCUT2D eigenvalue weighted by Gasteiger charge is 2.42. The zero-order valence-electron chi connectivity index (χ0n) is 15.2. The van der Waals surface area contributed by atoms with Crippen molar-refractivity contribution in [3.63, 3.8) is 0 Å². The first-order valence-electron chi connectivity index (χ1n) is 9.50. The molecular weight excluding hydrogens is 306 g/mol. The second kappa shape index (κ2) is 7.68. The lowest BCUT2D eigenvalue weighted by atomic mass is 9.79. The third-order valence-electron chi connectivity index (χ3n) is 5.69. The van der Waals surface area contributed by atoms with E-state index < -0.39 is 0 Å². The first-order chi connectivity index (χ1) is 11.5. The summed E-state index contributed by atoms with van der Waals surface area (Å²) in [4.78, 5) is 15.1. The Kier molecular flexibility index (Phi) is 5.80. The standard InChI is InChI=1S/C18H33N3O3/c1-17(2)14-21(9-11-24-17)18(6-4-3-5-7-18)13-20-16(22)15-12-19-8-10-23-15/h15,19H,3-14H2,1-2H3,(H,20,22). The molecule has 0 aromatic carbocycles. The second-order valence-corrected chi connectivity index (χ2v) is 8.10. The van der Waals surface area contributed by atoms with Crippen LogP contribution < -0.4 is 10.6 Å². The fraction of sp³-hybridized carbons (Fsp3) is 0.944. The van der Waals surface area contributed by atoms with Gasteiger partial charge in [-0.05, 0) is 26.7 Å². The average Bonchev–Trinajstić information content (AvgIpc) is 2.60. The van der Waals surface area contributed by atoms with Gasteiger partial charge in [-0.3, -0.25) is 9.69 Å². The van der Waals surface area contributed by atoms with Crippen LogP contribution in [-0.2, 0) is 14.3 Å². The van der Waals surface area contributed by atoms with Gasteiger partial charge in [0.15, 0.2) is 0 Å². The molecule has 0 aromatic rings. The minimum Gasteiger partial charge on any atom is -0.373 e. The third-order valence-corrected chi connectivity index (χ3v) is 5.69. The maximum atomic E-state index is 12.5. The number of ether oxygens (including phenoxy) is 2. The second-order valence-electron chi connectivity index (χ2n) is 8.10. The Morgan fingerprint density at radius 3 is 2.71 bits per heavy atom. The van der Waals surface area contributed by atoms with Gasteiger partial charge in [0.05, 0.1) is 18.8 Å². The summed E-state index contributed by atoms with van der Waals surface area (Å²) in [5.41, 5.74) is -0.0276. The van der Waals surface area contributed by atoms with Crippen molar-refractivity contribution in [2.24, 2.45) is 0 Å². The van der Waals surface area contributed by atoms with Crippen LogP contribution in [0.3, 0.4) is 0 Å². The summed E-state index contributed by atoms with van der Waals surface area (Å²) in [7, 11) is 0. The van der Waals surface area contributed by atoms with Gasteiger partial charge < -0.3 is 20.1 Å². The number of hydrogen-bond acceptors (Lipinski definition) is 5. The molecule has 1 aliphatic carbocycles. The fourth-order valence-electron chi connectivity index (χ4n) is 4.34.